The Morgan fingerprint density at radius 3 is 2.15 bits per heavy atom. The minimum Gasteiger partial charge on any atom is -0.406 e. The minimum atomic E-state index is -4.65. The average Bonchev–Trinajstić information content (AvgIpc) is 2.61. The lowest BCUT2D eigenvalue weighted by Crippen LogP contribution is -2.46. The summed E-state index contributed by atoms with van der Waals surface area (Å²) in [5.74, 6) is -0.156. The molecule has 0 bridgehead atoms. The third-order valence-electron chi connectivity index (χ3n) is 4.56. The highest BCUT2D eigenvalue weighted by molar-refractivity contribution is 5.28. The molecular weight excluding hydrogens is 341 g/mol. The zero-order valence-electron chi connectivity index (χ0n) is 14.6. The third-order valence-corrected chi connectivity index (χ3v) is 4.56. The van der Waals surface area contributed by atoms with Crippen molar-refractivity contribution in [2.24, 2.45) is 0 Å². The molecule has 0 atom stereocenters. The first-order valence-electron chi connectivity index (χ1n) is 8.81. The molecule has 1 heterocycles. The van der Waals surface area contributed by atoms with Gasteiger partial charge in [-0.2, -0.15) is 0 Å². The Hall–Kier alpha value is -2.05. The highest BCUT2D eigenvalue weighted by Crippen LogP contribution is 2.24. The molecule has 1 saturated heterocycles. The van der Waals surface area contributed by atoms with E-state index in [1.807, 2.05) is 12.1 Å². The van der Waals surface area contributed by atoms with Gasteiger partial charge in [0.05, 0.1) is 0 Å². The molecular formula is C20H23F3N2O. The van der Waals surface area contributed by atoms with Crippen molar-refractivity contribution in [1.82, 2.24) is 9.80 Å². The third kappa shape index (κ3) is 6.04. The second-order valence-corrected chi connectivity index (χ2v) is 6.55. The molecule has 0 radical (unpaired) electrons. The lowest BCUT2D eigenvalue weighted by Gasteiger charge is -2.34. The highest BCUT2D eigenvalue weighted by Gasteiger charge is 2.31. The normalized spacial score (nSPS) is 16.6. The van der Waals surface area contributed by atoms with Crippen molar-refractivity contribution in [2.45, 2.75) is 19.3 Å². The molecule has 1 aliphatic rings. The molecule has 1 fully saturated rings. The Morgan fingerprint density at radius 1 is 0.808 bits per heavy atom. The first kappa shape index (κ1) is 18.7. The van der Waals surface area contributed by atoms with Crippen LogP contribution in [-0.4, -0.2) is 48.9 Å². The predicted molar refractivity (Wildman–Crippen MR) is 95.0 cm³/mol. The molecule has 2 aromatic rings. The van der Waals surface area contributed by atoms with Crippen LogP contribution >= 0.6 is 0 Å². The summed E-state index contributed by atoms with van der Waals surface area (Å²) in [5.41, 5.74) is 2.18. The van der Waals surface area contributed by atoms with Gasteiger partial charge in [0.15, 0.2) is 0 Å². The fourth-order valence-corrected chi connectivity index (χ4v) is 3.20. The molecule has 6 heteroatoms. The van der Waals surface area contributed by atoms with Crippen LogP contribution in [0.25, 0.3) is 0 Å². The summed E-state index contributed by atoms with van der Waals surface area (Å²) in [5, 5.41) is 0. The van der Waals surface area contributed by atoms with Crippen molar-refractivity contribution in [3.8, 4) is 5.75 Å². The molecule has 26 heavy (non-hydrogen) atoms. The fraction of sp³-hybridized carbons (Fsp3) is 0.400. The number of halogens is 3. The predicted octanol–water partition coefficient (Wildman–Crippen LogP) is 3.95. The van der Waals surface area contributed by atoms with E-state index in [2.05, 4.69) is 38.8 Å². The van der Waals surface area contributed by atoms with Crippen LogP contribution in [0.1, 0.15) is 11.1 Å². The molecule has 0 aromatic heterocycles. The van der Waals surface area contributed by atoms with Crippen LogP contribution in [0.4, 0.5) is 13.2 Å². The van der Waals surface area contributed by atoms with E-state index in [1.165, 1.54) is 17.7 Å². The molecule has 2 aromatic carbocycles. The van der Waals surface area contributed by atoms with E-state index < -0.39 is 6.36 Å². The summed E-state index contributed by atoms with van der Waals surface area (Å²) >= 11 is 0. The Bertz CT molecular complexity index is 683. The second-order valence-electron chi connectivity index (χ2n) is 6.55. The SMILES string of the molecule is FC(F)(F)Oc1cccc(CN2CCN(CCc3ccccc3)CC2)c1. The summed E-state index contributed by atoms with van der Waals surface area (Å²) in [6, 6.07) is 16.7. The van der Waals surface area contributed by atoms with Gasteiger partial charge in [-0.05, 0) is 29.7 Å². The van der Waals surface area contributed by atoms with Crippen LogP contribution in [0.2, 0.25) is 0 Å². The van der Waals surface area contributed by atoms with E-state index in [4.69, 9.17) is 0 Å². The molecule has 0 spiro atoms. The van der Waals surface area contributed by atoms with Gasteiger partial charge in [-0.25, -0.2) is 0 Å². The summed E-state index contributed by atoms with van der Waals surface area (Å²) in [6.07, 6.45) is -3.61. The minimum absolute atomic E-state index is 0.156. The smallest absolute Gasteiger partial charge is 0.406 e. The zero-order valence-corrected chi connectivity index (χ0v) is 14.6. The number of rotatable bonds is 6. The van der Waals surface area contributed by atoms with E-state index in [1.54, 1.807) is 6.07 Å². The van der Waals surface area contributed by atoms with Gasteiger partial charge in [0, 0.05) is 39.3 Å². The van der Waals surface area contributed by atoms with Crippen LogP contribution in [0.5, 0.6) is 5.75 Å². The van der Waals surface area contributed by atoms with Crippen LogP contribution in [-0.2, 0) is 13.0 Å². The quantitative estimate of drug-likeness (QED) is 0.772. The Kier molecular flexibility index (Phi) is 6.16. The van der Waals surface area contributed by atoms with Crippen molar-refractivity contribution in [2.75, 3.05) is 32.7 Å². The van der Waals surface area contributed by atoms with Crippen LogP contribution in [0, 0.1) is 0 Å². The van der Waals surface area contributed by atoms with Crippen LogP contribution in [0.15, 0.2) is 54.6 Å². The maximum Gasteiger partial charge on any atom is 0.573 e. The molecule has 0 saturated carbocycles. The van der Waals surface area contributed by atoms with Crippen LogP contribution < -0.4 is 4.74 Å². The Morgan fingerprint density at radius 2 is 1.46 bits per heavy atom. The van der Waals surface area contributed by atoms with Crippen molar-refractivity contribution in [3.63, 3.8) is 0 Å². The number of ether oxygens (including phenoxy) is 1. The maximum atomic E-state index is 12.3. The Balaban J connectivity index is 1.44. The molecule has 0 aliphatic carbocycles. The van der Waals surface area contributed by atoms with Gasteiger partial charge in [-0.1, -0.05) is 42.5 Å². The number of alkyl halides is 3. The van der Waals surface area contributed by atoms with Gasteiger partial charge in [-0.3, -0.25) is 4.90 Å². The topological polar surface area (TPSA) is 15.7 Å². The molecule has 140 valence electrons. The molecule has 3 nitrogen and oxygen atoms in total. The van der Waals surface area contributed by atoms with Gasteiger partial charge < -0.3 is 9.64 Å². The molecule has 0 N–H and O–H groups in total. The van der Waals surface area contributed by atoms with Crippen LogP contribution in [0.3, 0.4) is 0 Å². The Labute approximate surface area is 152 Å². The lowest BCUT2D eigenvalue weighted by atomic mass is 10.1. The summed E-state index contributed by atoms with van der Waals surface area (Å²) in [6.45, 7) is 5.46. The van der Waals surface area contributed by atoms with E-state index >= 15 is 0 Å². The van der Waals surface area contributed by atoms with Gasteiger partial charge in [0.1, 0.15) is 5.75 Å². The first-order chi connectivity index (χ1) is 12.5. The number of nitrogens with zero attached hydrogens (tertiary/aromatic N) is 2. The van der Waals surface area contributed by atoms with E-state index in [0.29, 0.717) is 6.54 Å². The highest BCUT2D eigenvalue weighted by atomic mass is 19.4. The van der Waals surface area contributed by atoms with E-state index in [9.17, 15) is 13.2 Å². The van der Waals surface area contributed by atoms with Gasteiger partial charge in [-0.15, -0.1) is 13.2 Å². The van der Waals surface area contributed by atoms with Crippen molar-refractivity contribution in [3.05, 3.63) is 65.7 Å². The second kappa shape index (κ2) is 8.56. The zero-order chi connectivity index (χ0) is 18.4. The number of benzene rings is 2. The van der Waals surface area contributed by atoms with E-state index in [-0.39, 0.29) is 5.75 Å². The average molecular weight is 364 g/mol. The number of hydrogen-bond donors (Lipinski definition) is 0. The molecule has 3 rings (SSSR count). The molecule has 0 amide bonds. The van der Waals surface area contributed by atoms with Crippen molar-refractivity contribution >= 4 is 0 Å². The summed E-state index contributed by atoms with van der Waals surface area (Å²) in [7, 11) is 0. The number of piperazine rings is 1. The largest absolute Gasteiger partial charge is 0.573 e. The van der Waals surface area contributed by atoms with Gasteiger partial charge in [0.2, 0.25) is 0 Å². The lowest BCUT2D eigenvalue weighted by molar-refractivity contribution is -0.274. The monoisotopic (exact) mass is 364 g/mol. The van der Waals surface area contributed by atoms with Gasteiger partial charge >= 0.3 is 6.36 Å². The fourth-order valence-electron chi connectivity index (χ4n) is 3.20. The standard InChI is InChI=1S/C20H23F3N2O/c21-20(22,23)26-19-8-4-7-18(15-19)16-25-13-11-24(12-14-25)10-9-17-5-2-1-3-6-17/h1-8,15H,9-14,16H2. The first-order valence-corrected chi connectivity index (χ1v) is 8.81. The van der Waals surface area contributed by atoms with Crippen molar-refractivity contribution in [1.29, 1.82) is 0 Å². The summed E-state index contributed by atoms with van der Waals surface area (Å²) in [4.78, 5) is 4.71. The maximum absolute atomic E-state index is 12.3. The van der Waals surface area contributed by atoms with Gasteiger partial charge in [0.25, 0.3) is 0 Å². The molecule has 0 unspecified atom stereocenters. The van der Waals surface area contributed by atoms with E-state index in [0.717, 1.165) is 44.7 Å². The number of hydrogen-bond acceptors (Lipinski definition) is 3. The van der Waals surface area contributed by atoms with Crippen molar-refractivity contribution < 1.29 is 17.9 Å². The summed E-state index contributed by atoms with van der Waals surface area (Å²) < 4.78 is 41.0. The molecule has 1 aliphatic heterocycles.